The standard InChI is InChI=1S/C15H27N3O/c1-5-13-12(9-16)14(6-2)18(17-13)10-11-7-8-15(3,4)19-11/h11H,5-10,16H2,1-4H3. The second-order valence-electron chi connectivity index (χ2n) is 6.00. The molecule has 0 radical (unpaired) electrons. The lowest BCUT2D eigenvalue weighted by atomic mass is 10.1. The SMILES string of the molecule is CCc1nn(CC2CCC(C)(C)O2)c(CC)c1CN. The topological polar surface area (TPSA) is 53.1 Å². The first-order valence-corrected chi connectivity index (χ1v) is 7.46. The average molecular weight is 265 g/mol. The minimum atomic E-state index is 0.0223. The van der Waals surface area contributed by atoms with Crippen LogP contribution in [0.1, 0.15) is 57.5 Å². The van der Waals surface area contributed by atoms with Crippen molar-refractivity contribution in [3.63, 3.8) is 0 Å². The molecular weight excluding hydrogens is 238 g/mol. The van der Waals surface area contributed by atoms with Gasteiger partial charge in [-0.3, -0.25) is 4.68 Å². The van der Waals surface area contributed by atoms with Crippen LogP contribution in [0.25, 0.3) is 0 Å². The van der Waals surface area contributed by atoms with Crippen LogP contribution in [0.5, 0.6) is 0 Å². The van der Waals surface area contributed by atoms with Gasteiger partial charge < -0.3 is 10.5 Å². The van der Waals surface area contributed by atoms with E-state index in [2.05, 4.69) is 32.4 Å². The molecule has 2 N–H and O–H groups in total. The Morgan fingerprint density at radius 1 is 1.37 bits per heavy atom. The van der Waals surface area contributed by atoms with Crippen molar-refractivity contribution in [1.82, 2.24) is 9.78 Å². The van der Waals surface area contributed by atoms with Gasteiger partial charge in [-0.15, -0.1) is 0 Å². The van der Waals surface area contributed by atoms with Gasteiger partial charge in [0, 0.05) is 17.8 Å². The first-order chi connectivity index (χ1) is 9.00. The third-order valence-electron chi connectivity index (χ3n) is 4.05. The summed E-state index contributed by atoms with van der Waals surface area (Å²) in [6.07, 6.45) is 4.47. The summed E-state index contributed by atoms with van der Waals surface area (Å²) in [5.74, 6) is 0. The number of aromatic nitrogens is 2. The first kappa shape index (κ1) is 14.5. The van der Waals surface area contributed by atoms with Gasteiger partial charge >= 0.3 is 0 Å². The molecule has 0 aromatic carbocycles. The van der Waals surface area contributed by atoms with Crippen LogP contribution in [-0.4, -0.2) is 21.5 Å². The fraction of sp³-hybridized carbons (Fsp3) is 0.800. The Hall–Kier alpha value is -0.870. The third kappa shape index (κ3) is 3.00. The van der Waals surface area contributed by atoms with Crippen LogP contribution in [0, 0.1) is 0 Å². The predicted octanol–water partition coefficient (Wildman–Crippen LogP) is 2.42. The van der Waals surface area contributed by atoms with Crippen molar-refractivity contribution in [2.45, 2.75) is 78.2 Å². The monoisotopic (exact) mass is 265 g/mol. The molecule has 108 valence electrons. The van der Waals surface area contributed by atoms with E-state index < -0.39 is 0 Å². The van der Waals surface area contributed by atoms with Crippen LogP contribution >= 0.6 is 0 Å². The van der Waals surface area contributed by atoms with Gasteiger partial charge in [0.05, 0.1) is 23.9 Å². The maximum atomic E-state index is 6.08. The zero-order valence-corrected chi connectivity index (χ0v) is 12.7. The van der Waals surface area contributed by atoms with Crippen molar-refractivity contribution < 1.29 is 4.74 Å². The molecule has 1 aliphatic rings. The van der Waals surface area contributed by atoms with Crippen LogP contribution in [0.15, 0.2) is 0 Å². The molecular formula is C15H27N3O. The summed E-state index contributed by atoms with van der Waals surface area (Å²) in [6, 6.07) is 0. The molecule has 4 heteroatoms. The summed E-state index contributed by atoms with van der Waals surface area (Å²) in [7, 11) is 0. The van der Waals surface area contributed by atoms with Crippen LogP contribution in [0.3, 0.4) is 0 Å². The summed E-state index contributed by atoms with van der Waals surface area (Å²) in [6.45, 7) is 10.1. The smallest absolute Gasteiger partial charge is 0.0779 e. The van der Waals surface area contributed by atoms with Gasteiger partial charge in [-0.2, -0.15) is 5.10 Å². The lowest BCUT2D eigenvalue weighted by Crippen LogP contribution is -2.24. The van der Waals surface area contributed by atoms with Crippen LogP contribution in [0.4, 0.5) is 0 Å². The molecule has 0 amide bonds. The molecule has 2 rings (SSSR count). The molecule has 1 unspecified atom stereocenters. The maximum Gasteiger partial charge on any atom is 0.0779 e. The van der Waals surface area contributed by atoms with Gasteiger partial charge in [-0.1, -0.05) is 13.8 Å². The van der Waals surface area contributed by atoms with Crippen molar-refractivity contribution in [2.75, 3.05) is 0 Å². The number of rotatable bonds is 5. The van der Waals surface area contributed by atoms with Gasteiger partial charge in [0.25, 0.3) is 0 Å². The number of hydrogen-bond donors (Lipinski definition) is 1. The molecule has 0 saturated carbocycles. The van der Waals surface area contributed by atoms with Crippen molar-refractivity contribution >= 4 is 0 Å². The zero-order chi connectivity index (χ0) is 14.0. The molecule has 1 saturated heterocycles. The molecule has 1 aromatic rings. The molecule has 0 aliphatic carbocycles. The Morgan fingerprint density at radius 2 is 2.11 bits per heavy atom. The highest BCUT2D eigenvalue weighted by Crippen LogP contribution is 2.30. The van der Waals surface area contributed by atoms with E-state index in [1.54, 1.807) is 0 Å². The fourth-order valence-corrected chi connectivity index (χ4v) is 3.05. The Labute approximate surface area is 116 Å². The molecule has 2 heterocycles. The molecule has 1 aliphatic heterocycles. The predicted molar refractivity (Wildman–Crippen MR) is 77.1 cm³/mol. The summed E-state index contributed by atoms with van der Waals surface area (Å²) >= 11 is 0. The molecule has 19 heavy (non-hydrogen) atoms. The summed E-state index contributed by atoms with van der Waals surface area (Å²) < 4.78 is 8.21. The van der Waals surface area contributed by atoms with E-state index in [-0.39, 0.29) is 11.7 Å². The van der Waals surface area contributed by atoms with Crippen molar-refractivity contribution in [2.24, 2.45) is 5.73 Å². The lowest BCUT2D eigenvalue weighted by molar-refractivity contribution is -0.0233. The van der Waals surface area contributed by atoms with Crippen molar-refractivity contribution in [1.29, 1.82) is 0 Å². The second-order valence-corrected chi connectivity index (χ2v) is 6.00. The van der Waals surface area contributed by atoms with Gasteiger partial charge in [-0.05, 0) is 39.5 Å². The fourth-order valence-electron chi connectivity index (χ4n) is 3.05. The quantitative estimate of drug-likeness (QED) is 0.889. The van der Waals surface area contributed by atoms with Gasteiger partial charge in [0.15, 0.2) is 0 Å². The van der Waals surface area contributed by atoms with Crippen LogP contribution in [-0.2, 0) is 30.7 Å². The highest BCUT2D eigenvalue weighted by atomic mass is 16.5. The van der Waals surface area contributed by atoms with Crippen LogP contribution < -0.4 is 5.73 Å². The number of ether oxygens (including phenoxy) is 1. The normalized spacial score (nSPS) is 22.1. The number of nitrogens with two attached hydrogens (primary N) is 1. The Balaban J connectivity index is 2.18. The minimum absolute atomic E-state index is 0.0223. The van der Waals surface area contributed by atoms with E-state index in [0.717, 1.165) is 37.9 Å². The molecule has 0 bridgehead atoms. The van der Waals surface area contributed by atoms with E-state index in [1.807, 2.05) is 0 Å². The van der Waals surface area contributed by atoms with E-state index in [9.17, 15) is 0 Å². The van der Waals surface area contributed by atoms with E-state index in [4.69, 9.17) is 15.6 Å². The Morgan fingerprint density at radius 3 is 2.58 bits per heavy atom. The highest BCUT2D eigenvalue weighted by molar-refractivity contribution is 5.26. The summed E-state index contributed by atoms with van der Waals surface area (Å²) in [5.41, 5.74) is 9.58. The number of hydrogen-bond acceptors (Lipinski definition) is 3. The molecule has 1 fully saturated rings. The maximum absolute atomic E-state index is 6.08. The number of aryl methyl sites for hydroxylation is 1. The van der Waals surface area contributed by atoms with Gasteiger partial charge in [0.2, 0.25) is 0 Å². The van der Waals surface area contributed by atoms with Gasteiger partial charge in [0.1, 0.15) is 0 Å². The lowest BCUT2D eigenvalue weighted by Gasteiger charge is -2.19. The largest absolute Gasteiger partial charge is 0.370 e. The van der Waals surface area contributed by atoms with Gasteiger partial charge in [-0.25, -0.2) is 0 Å². The van der Waals surface area contributed by atoms with E-state index >= 15 is 0 Å². The Bertz CT molecular complexity index is 437. The molecule has 0 spiro atoms. The summed E-state index contributed by atoms with van der Waals surface area (Å²) in [4.78, 5) is 0. The van der Waals surface area contributed by atoms with Crippen molar-refractivity contribution in [3.8, 4) is 0 Å². The molecule has 4 nitrogen and oxygen atoms in total. The van der Waals surface area contributed by atoms with E-state index in [1.165, 1.54) is 11.3 Å². The molecule has 1 aromatic heterocycles. The average Bonchev–Trinajstić information content (AvgIpc) is 2.89. The Kier molecular flexibility index (Phi) is 4.31. The minimum Gasteiger partial charge on any atom is -0.370 e. The third-order valence-corrected chi connectivity index (χ3v) is 4.05. The first-order valence-electron chi connectivity index (χ1n) is 7.46. The highest BCUT2D eigenvalue weighted by Gasteiger charge is 2.32. The van der Waals surface area contributed by atoms with Crippen molar-refractivity contribution in [3.05, 3.63) is 17.0 Å². The van der Waals surface area contributed by atoms with Crippen LogP contribution in [0.2, 0.25) is 0 Å². The summed E-state index contributed by atoms with van der Waals surface area (Å²) in [5, 5.41) is 4.74. The second kappa shape index (κ2) is 5.63. The molecule has 1 atom stereocenters. The van der Waals surface area contributed by atoms with E-state index in [0.29, 0.717) is 6.54 Å². The number of nitrogens with zero attached hydrogens (tertiary/aromatic N) is 2. The zero-order valence-electron chi connectivity index (χ0n) is 12.7.